The van der Waals surface area contributed by atoms with Gasteiger partial charge in [-0.1, -0.05) is 30.3 Å². The molecule has 0 N–H and O–H groups in total. The van der Waals surface area contributed by atoms with Crippen LogP contribution < -0.4 is 0 Å². The molecule has 0 saturated carbocycles. The molecule has 160 valence electrons. The number of likely N-dealkylation sites (tertiary alicyclic amines) is 1. The van der Waals surface area contributed by atoms with E-state index in [4.69, 9.17) is 21.1 Å². The van der Waals surface area contributed by atoms with Crippen molar-refractivity contribution in [3.8, 4) is 0 Å². The molecular weight excluding hydrogens is 388 g/mol. The molecule has 0 bridgehead atoms. The van der Waals surface area contributed by atoms with Crippen LogP contribution in [0.15, 0.2) is 36.4 Å². The number of piperidine rings is 1. The number of hydrogen-bond acceptors (Lipinski definition) is 4. The van der Waals surface area contributed by atoms with Crippen molar-refractivity contribution < 1.29 is 14.3 Å². The van der Waals surface area contributed by atoms with Gasteiger partial charge in [-0.15, -0.1) is 0 Å². The highest BCUT2D eigenvalue weighted by Gasteiger charge is 2.34. The van der Waals surface area contributed by atoms with Crippen molar-refractivity contribution in [2.45, 2.75) is 57.7 Å². The zero-order valence-corrected chi connectivity index (χ0v) is 18.6. The van der Waals surface area contributed by atoms with Gasteiger partial charge in [0.05, 0.1) is 13.2 Å². The van der Waals surface area contributed by atoms with Crippen LogP contribution in [0.5, 0.6) is 0 Å². The molecule has 6 heteroatoms. The minimum absolute atomic E-state index is 0.211. The lowest BCUT2D eigenvalue weighted by Crippen LogP contribution is -2.52. The van der Waals surface area contributed by atoms with Crippen LogP contribution in [0, 0.1) is 0 Å². The first-order valence-corrected chi connectivity index (χ1v) is 10.8. The van der Waals surface area contributed by atoms with Crippen LogP contribution in [0.4, 0.5) is 4.79 Å². The number of ether oxygens (including phenoxy) is 2. The van der Waals surface area contributed by atoms with Crippen molar-refractivity contribution in [2.24, 2.45) is 0 Å². The number of nitrogens with zero attached hydrogens (tertiary/aromatic N) is 2. The van der Waals surface area contributed by atoms with Gasteiger partial charge in [0, 0.05) is 36.7 Å². The SMILES string of the molecule is C=C1COCC(Cc2ccc(Cl)cc2)N(C2CCN(C(=O)OC(C)(C)C)CC2)C1. The third-order valence-corrected chi connectivity index (χ3v) is 5.71. The van der Waals surface area contributed by atoms with Crippen molar-refractivity contribution in [3.05, 3.63) is 47.0 Å². The molecule has 3 rings (SSSR count). The second-order valence-corrected chi connectivity index (χ2v) is 9.56. The van der Waals surface area contributed by atoms with Gasteiger partial charge in [0.2, 0.25) is 0 Å². The summed E-state index contributed by atoms with van der Waals surface area (Å²) in [5, 5.41) is 0.755. The van der Waals surface area contributed by atoms with E-state index in [-0.39, 0.29) is 12.1 Å². The number of carbonyl (C=O) groups excluding carboxylic acids is 1. The maximum absolute atomic E-state index is 12.4. The molecule has 2 aliphatic rings. The standard InChI is InChI=1S/C23H33ClN2O3/c1-17-14-26(20-9-11-25(12-10-20)22(27)29-23(2,3)4)21(16-28-15-17)13-18-5-7-19(24)8-6-18/h5-8,20-21H,1,9-16H2,2-4H3. The third-order valence-electron chi connectivity index (χ3n) is 5.46. The van der Waals surface area contributed by atoms with E-state index in [1.54, 1.807) is 0 Å². The zero-order valence-electron chi connectivity index (χ0n) is 17.8. The van der Waals surface area contributed by atoms with E-state index in [2.05, 4.69) is 23.6 Å². The monoisotopic (exact) mass is 420 g/mol. The zero-order chi connectivity index (χ0) is 21.0. The van der Waals surface area contributed by atoms with E-state index < -0.39 is 5.60 Å². The minimum atomic E-state index is -0.461. The van der Waals surface area contributed by atoms with Crippen LogP contribution >= 0.6 is 11.6 Å². The van der Waals surface area contributed by atoms with Gasteiger partial charge in [-0.05, 0) is 63.3 Å². The number of hydrogen-bond donors (Lipinski definition) is 0. The second-order valence-electron chi connectivity index (χ2n) is 9.12. The highest BCUT2D eigenvalue weighted by molar-refractivity contribution is 6.30. The van der Waals surface area contributed by atoms with Crippen LogP contribution in [0.25, 0.3) is 0 Å². The van der Waals surface area contributed by atoms with Gasteiger partial charge < -0.3 is 14.4 Å². The fourth-order valence-corrected chi connectivity index (χ4v) is 4.20. The first kappa shape index (κ1) is 22.1. The summed E-state index contributed by atoms with van der Waals surface area (Å²) < 4.78 is 11.4. The summed E-state index contributed by atoms with van der Waals surface area (Å²) in [5.41, 5.74) is 1.90. The Labute approximate surface area is 179 Å². The van der Waals surface area contributed by atoms with Crippen LogP contribution in [-0.4, -0.2) is 66.4 Å². The second kappa shape index (κ2) is 9.50. The largest absolute Gasteiger partial charge is 0.444 e. The van der Waals surface area contributed by atoms with E-state index >= 15 is 0 Å². The highest BCUT2D eigenvalue weighted by Crippen LogP contribution is 2.25. The smallest absolute Gasteiger partial charge is 0.410 e. The van der Waals surface area contributed by atoms with E-state index in [0.29, 0.717) is 19.3 Å². The first-order chi connectivity index (χ1) is 13.7. The average molecular weight is 421 g/mol. The molecule has 1 atom stereocenters. The molecule has 2 aliphatic heterocycles. The predicted octanol–water partition coefficient (Wildman–Crippen LogP) is 4.54. The van der Waals surface area contributed by atoms with Crippen molar-refractivity contribution in [1.82, 2.24) is 9.80 Å². The first-order valence-electron chi connectivity index (χ1n) is 10.4. The molecular formula is C23H33ClN2O3. The molecule has 1 aromatic rings. The van der Waals surface area contributed by atoms with Gasteiger partial charge in [-0.2, -0.15) is 0 Å². The summed E-state index contributed by atoms with van der Waals surface area (Å²) in [4.78, 5) is 16.8. The van der Waals surface area contributed by atoms with Gasteiger partial charge in [-0.25, -0.2) is 4.79 Å². The molecule has 0 radical (unpaired) electrons. The van der Waals surface area contributed by atoms with Gasteiger partial charge in [0.1, 0.15) is 5.60 Å². The Balaban J connectivity index is 1.64. The van der Waals surface area contributed by atoms with E-state index in [9.17, 15) is 4.79 Å². The molecule has 2 saturated heterocycles. The van der Waals surface area contributed by atoms with Gasteiger partial charge in [0.25, 0.3) is 0 Å². The fraction of sp³-hybridized carbons (Fsp3) is 0.609. The van der Waals surface area contributed by atoms with Gasteiger partial charge >= 0.3 is 6.09 Å². The molecule has 5 nitrogen and oxygen atoms in total. The average Bonchev–Trinajstić information content (AvgIpc) is 2.84. The highest BCUT2D eigenvalue weighted by atomic mass is 35.5. The number of benzene rings is 1. The Morgan fingerprint density at radius 2 is 1.90 bits per heavy atom. The number of amides is 1. The molecule has 1 amide bonds. The number of rotatable bonds is 3. The topological polar surface area (TPSA) is 42.0 Å². The normalized spacial score (nSPS) is 22.4. The molecule has 0 spiro atoms. The Morgan fingerprint density at radius 1 is 1.24 bits per heavy atom. The Morgan fingerprint density at radius 3 is 2.52 bits per heavy atom. The lowest BCUT2D eigenvalue weighted by molar-refractivity contribution is 0.00896. The molecule has 2 heterocycles. The summed E-state index contributed by atoms with van der Waals surface area (Å²) in [7, 11) is 0. The Bertz CT molecular complexity index is 706. The predicted molar refractivity (Wildman–Crippen MR) is 116 cm³/mol. The molecule has 29 heavy (non-hydrogen) atoms. The maximum Gasteiger partial charge on any atom is 0.410 e. The number of halogens is 1. The molecule has 0 aromatic heterocycles. The van der Waals surface area contributed by atoms with Crippen molar-refractivity contribution >= 4 is 17.7 Å². The van der Waals surface area contributed by atoms with Gasteiger partial charge in [-0.3, -0.25) is 4.90 Å². The summed E-state index contributed by atoms with van der Waals surface area (Å²) in [6.07, 6.45) is 2.57. The van der Waals surface area contributed by atoms with Crippen molar-refractivity contribution in [1.29, 1.82) is 0 Å². The Kier molecular flexibility index (Phi) is 7.25. The lowest BCUT2D eigenvalue weighted by atomic mass is 9.97. The third kappa shape index (κ3) is 6.46. The molecule has 1 aromatic carbocycles. The van der Waals surface area contributed by atoms with Crippen molar-refractivity contribution in [3.63, 3.8) is 0 Å². The lowest BCUT2D eigenvalue weighted by Gasteiger charge is -2.41. The molecule has 2 fully saturated rings. The molecule has 0 aliphatic carbocycles. The van der Waals surface area contributed by atoms with E-state index in [0.717, 1.165) is 49.5 Å². The maximum atomic E-state index is 12.4. The Hall–Kier alpha value is -1.56. The number of carbonyl (C=O) groups is 1. The summed E-state index contributed by atoms with van der Waals surface area (Å²) in [6.45, 7) is 13.5. The van der Waals surface area contributed by atoms with Crippen molar-refractivity contribution in [2.75, 3.05) is 32.8 Å². The molecule has 1 unspecified atom stereocenters. The summed E-state index contributed by atoms with van der Waals surface area (Å²) in [5.74, 6) is 0. The van der Waals surface area contributed by atoms with Gasteiger partial charge in [0.15, 0.2) is 0 Å². The van der Waals surface area contributed by atoms with Crippen LogP contribution in [0.2, 0.25) is 5.02 Å². The fourth-order valence-electron chi connectivity index (χ4n) is 4.07. The quantitative estimate of drug-likeness (QED) is 0.673. The minimum Gasteiger partial charge on any atom is -0.444 e. The van der Waals surface area contributed by atoms with Crippen LogP contribution in [0.3, 0.4) is 0 Å². The summed E-state index contributed by atoms with van der Waals surface area (Å²) in [6, 6.07) is 8.75. The van der Waals surface area contributed by atoms with Crippen LogP contribution in [-0.2, 0) is 15.9 Å². The van der Waals surface area contributed by atoms with Crippen LogP contribution in [0.1, 0.15) is 39.2 Å². The van der Waals surface area contributed by atoms with E-state index in [1.165, 1.54) is 5.56 Å². The summed E-state index contributed by atoms with van der Waals surface area (Å²) >= 11 is 6.04. The van der Waals surface area contributed by atoms with E-state index in [1.807, 2.05) is 37.8 Å².